The highest BCUT2D eigenvalue weighted by Crippen LogP contribution is 2.28. The maximum atomic E-state index is 14.1. The summed E-state index contributed by atoms with van der Waals surface area (Å²) < 4.78 is 24.7. The number of ether oxygens (including phenoxy) is 2. The van der Waals surface area contributed by atoms with E-state index in [9.17, 15) is 4.39 Å². The van der Waals surface area contributed by atoms with Crippen molar-refractivity contribution in [2.24, 2.45) is 0 Å². The molecule has 0 aliphatic carbocycles. The van der Waals surface area contributed by atoms with Gasteiger partial charge in [-0.1, -0.05) is 11.6 Å². The van der Waals surface area contributed by atoms with Crippen LogP contribution < -0.4 is 19.7 Å². The number of halogens is 2. The highest BCUT2D eigenvalue weighted by atomic mass is 35.5. The summed E-state index contributed by atoms with van der Waals surface area (Å²) in [5.41, 5.74) is 0.910. The summed E-state index contributed by atoms with van der Waals surface area (Å²) in [7, 11) is 3.24. The predicted octanol–water partition coefficient (Wildman–Crippen LogP) is 3.97. The van der Waals surface area contributed by atoms with Gasteiger partial charge in [0, 0.05) is 49.2 Å². The van der Waals surface area contributed by atoms with Crippen molar-refractivity contribution in [2.75, 3.05) is 37.5 Å². The predicted molar refractivity (Wildman–Crippen MR) is 97.6 cm³/mol. The van der Waals surface area contributed by atoms with Crippen LogP contribution in [0.4, 0.5) is 15.9 Å². The number of piperidine rings is 1. The SMILES string of the molecule is COc1cc(NC2CCCN(c3ncc(Cl)cc3F)C2)cc(OC)c1. The molecule has 1 atom stereocenters. The van der Waals surface area contributed by atoms with Gasteiger partial charge < -0.3 is 19.7 Å². The average molecular weight is 366 g/mol. The third-order valence-corrected chi connectivity index (χ3v) is 4.44. The lowest BCUT2D eigenvalue weighted by molar-refractivity contribution is 0.394. The second kappa shape index (κ2) is 7.78. The third kappa shape index (κ3) is 4.25. The summed E-state index contributed by atoms with van der Waals surface area (Å²) >= 11 is 5.79. The van der Waals surface area contributed by atoms with Crippen molar-refractivity contribution < 1.29 is 13.9 Å². The summed E-state index contributed by atoms with van der Waals surface area (Å²) in [6.45, 7) is 1.43. The number of benzene rings is 1. The maximum absolute atomic E-state index is 14.1. The molecule has 1 N–H and O–H groups in total. The van der Waals surface area contributed by atoms with E-state index in [0.29, 0.717) is 17.4 Å². The van der Waals surface area contributed by atoms with Gasteiger partial charge in [0.1, 0.15) is 11.5 Å². The van der Waals surface area contributed by atoms with Crippen LogP contribution in [0, 0.1) is 5.82 Å². The lowest BCUT2D eigenvalue weighted by Crippen LogP contribution is -2.42. The van der Waals surface area contributed by atoms with E-state index in [1.54, 1.807) is 14.2 Å². The lowest BCUT2D eigenvalue weighted by atomic mass is 10.0. The second-order valence-electron chi connectivity index (χ2n) is 5.99. The van der Waals surface area contributed by atoms with Crippen LogP contribution in [0.3, 0.4) is 0 Å². The van der Waals surface area contributed by atoms with Gasteiger partial charge in [0.25, 0.3) is 0 Å². The van der Waals surface area contributed by atoms with E-state index in [1.807, 2.05) is 23.1 Å². The molecular formula is C18H21ClFN3O2. The Hall–Kier alpha value is -2.21. The Labute approximate surface area is 151 Å². The molecule has 5 nitrogen and oxygen atoms in total. The monoisotopic (exact) mass is 365 g/mol. The van der Waals surface area contributed by atoms with Crippen molar-refractivity contribution in [3.63, 3.8) is 0 Å². The average Bonchev–Trinajstić information content (AvgIpc) is 2.61. The Morgan fingerprint density at radius 1 is 1.20 bits per heavy atom. The number of pyridine rings is 1. The standard InChI is InChI=1S/C18H21ClFN3O2/c1-24-15-7-14(8-16(9-15)25-2)22-13-4-3-5-23(11-13)18-17(20)6-12(19)10-21-18/h6-10,13,22H,3-5,11H2,1-2H3. The first-order valence-electron chi connectivity index (χ1n) is 8.14. The molecule has 3 rings (SSSR count). The topological polar surface area (TPSA) is 46.6 Å². The molecule has 1 saturated heterocycles. The van der Waals surface area contributed by atoms with Crippen LogP contribution in [0.5, 0.6) is 11.5 Å². The van der Waals surface area contributed by atoms with Crippen LogP contribution in [0.15, 0.2) is 30.5 Å². The van der Waals surface area contributed by atoms with E-state index in [4.69, 9.17) is 21.1 Å². The van der Waals surface area contributed by atoms with Gasteiger partial charge in [-0.3, -0.25) is 0 Å². The van der Waals surface area contributed by atoms with Crippen molar-refractivity contribution in [1.82, 2.24) is 4.98 Å². The zero-order valence-corrected chi connectivity index (χ0v) is 15.0. The molecule has 25 heavy (non-hydrogen) atoms. The van der Waals surface area contributed by atoms with Crippen LogP contribution in [-0.4, -0.2) is 38.3 Å². The molecule has 1 aromatic heterocycles. The van der Waals surface area contributed by atoms with E-state index in [-0.39, 0.29) is 6.04 Å². The summed E-state index contributed by atoms with van der Waals surface area (Å²) in [6.07, 6.45) is 3.41. The fourth-order valence-electron chi connectivity index (χ4n) is 3.05. The number of aromatic nitrogens is 1. The van der Waals surface area contributed by atoms with E-state index in [0.717, 1.165) is 36.6 Å². The highest BCUT2D eigenvalue weighted by molar-refractivity contribution is 6.30. The van der Waals surface area contributed by atoms with Gasteiger partial charge in [0.05, 0.1) is 19.2 Å². The lowest BCUT2D eigenvalue weighted by Gasteiger charge is -2.34. The molecule has 7 heteroatoms. The molecule has 2 heterocycles. The van der Waals surface area contributed by atoms with Gasteiger partial charge in [-0.05, 0) is 18.9 Å². The Balaban J connectivity index is 1.73. The molecule has 0 saturated carbocycles. The second-order valence-corrected chi connectivity index (χ2v) is 6.43. The van der Waals surface area contributed by atoms with Crippen LogP contribution in [0.1, 0.15) is 12.8 Å². The van der Waals surface area contributed by atoms with Crippen LogP contribution in [0.25, 0.3) is 0 Å². The molecule has 0 amide bonds. The van der Waals surface area contributed by atoms with Gasteiger partial charge >= 0.3 is 0 Å². The van der Waals surface area contributed by atoms with Crippen LogP contribution >= 0.6 is 11.6 Å². The van der Waals surface area contributed by atoms with Crippen molar-refractivity contribution in [3.8, 4) is 11.5 Å². The third-order valence-electron chi connectivity index (χ3n) is 4.23. The van der Waals surface area contributed by atoms with E-state index >= 15 is 0 Å². The molecule has 1 aromatic carbocycles. The minimum atomic E-state index is -0.392. The van der Waals surface area contributed by atoms with Crippen LogP contribution in [-0.2, 0) is 0 Å². The Morgan fingerprint density at radius 3 is 2.56 bits per heavy atom. The first-order chi connectivity index (χ1) is 12.1. The number of nitrogens with one attached hydrogen (secondary N) is 1. The summed E-state index contributed by atoms with van der Waals surface area (Å²) in [6, 6.07) is 7.13. The van der Waals surface area contributed by atoms with Crippen molar-refractivity contribution >= 4 is 23.1 Å². The number of hydrogen-bond acceptors (Lipinski definition) is 5. The van der Waals surface area contributed by atoms with Gasteiger partial charge in [-0.25, -0.2) is 9.37 Å². The zero-order chi connectivity index (χ0) is 17.8. The fourth-order valence-corrected chi connectivity index (χ4v) is 3.20. The molecule has 134 valence electrons. The normalized spacial score (nSPS) is 17.3. The summed E-state index contributed by atoms with van der Waals surface area (Å²) in [4.78, 5) is 6.10. The minimum Gasteiger partial charge on any atom is -0.497 e. The number of rotatable bonds is 5. The van der Waals surface area contributed by atoms with Crippen LogP contribution in [0.2, 0.25) is 5.02 Å². The van der Waals surface area contributed by atoms with Gasteiger partial charge in [-0.2, -0.15) is 0 Å². The summed E-state index contributed by atoms with van der Waals surface area (Å²) in [5.74, 6) is 1.40. The number of methoxy groups -OCH3 is 2. The number of anilines is 2. The molecule has 1 unspecified atom stereocenters. The molecular weight excluding hydrogens is 345 g/mol. The molecule has 2 aromatic rings. The molecule has 0 spiro atoms. The van der Waals surface area contributed by atoms with E-state index < -0.39 is 5.82 Å². The quantitative estimate of drug-likeness (QED) is 0.868. The molecule has 0 radical (unpaired) electrons. The first kappa shape index (κ1) is 17.6. The van der Waals surface area contributed by atoms with E-state index in [1.165, 1.54) is 12.3 Å². The summed E-state index contributed by atoms with van der Waals surface area (Å²) in [5, 5.41) is 3.79. The minimum absolute atomic E-state index is 0.169. The number of nitrogens with zero attached hydrogens (tertiary/aromatic N) is 2. The first-order valence-corrected chi connectivity index (χ1v) is 8.52. The largest absolute Gasteiger partial charge is 0.497 e. The smallest absolute Gasteiger partial charge is 0.167 e. The Morgan fingerprint density at radius 2 is 1.92 bits per heavy atom. The zero-order valence-electron chi connectivity index (χ0n) is 14.3. The molecule has 1 aliphatic rings. The van der Waals surface area contributed by atoms with E-state index in [2.05, 4.69) is 10.3 Å². The highest BCUT2D eigenvalue weighted by Gasteiger charge is 2.23. The molecule has 1 aliphatic heterocycles. The number of hydrogen-bond donors (Lipinski definition) is 1. The van der Waals surface area contributed by atoms with Gasteiger partial charge in [0.15, 0.2) is 11.6 Å². The van der Waals surface area contributed by atoms with Gasteiger partial charge in [-0.15, -0.1) is 0 Å². The molecule has 0 bridgehead atoms. The van der Waals surface area contributed by atoms with Crippen molar-refractivity contribution in [2.45, 2.75) is 18.9 Å². The van der Waals surface area contributed by atoms with Gasteiger partial charge in [0.2, 0.25) is 0 Å². The van der Waals surface area contributed by atoms with Crippen molar-refractivity contribution in [3.05, 3.63) is 41.3 Å². The Bertz CT molecular complexity index is 722. The Kier molecular flexibility index (Phi) is 5.48. The molecule has 1 fully saturated rings. The maximum Gasteiger partial charge on any atom is 0.167 e. The fraction of sp³-hybridized carbons (Fsp3) is 0.389. The van der Waals surface area contributed by atoms with Crippen molar-refractivity contribution in [1.29, 1.82) is 0 Å².